The number of hydrogen-bond donors (Lipinski definition) is 2. The first-order chi connectivity index (χ1) is 13.0. The number of nitrogens with one attached hydrogen (secondary N) is 2. The van der Waals surface area contributed by atoms with Crippen LogP contribution in [-0.4, -0.2) is 11.0 Å². The predicted molar refractivity (Wildman–Crippen MR) is 118 cm³/mol. The molecule has 0 radical (unpaired) electrons. The lowest BCUT2D eigenvalue weighted by Gasteiger charge is -2.19. The topological polar surface area (TPSA) is 41.1 Å². The van der Waals surface area contributed by atoms with Gasteiger partial charge in [-0.1, -0.05) is 60.7 Å². The van der Waals surface area contributed by atoms with Crippen LogP contribution in [0, 0.1) is 9.39 Å². The van der Waals surface area contributed by atoms with Gasteiger partial charge in [0.25, 0.3) is 0 Å². The van der Waals surface area contributed by atoms with Crippen molar-refractivity contribution in [3.8, 4) is 0 Å². The molecule has 3 aromatic rings. The third-order valence-corrected chi connectivity index (χ3v) is 4.82. The maximum atomic E-state index is 14.0. The van der Waals surface area contributed by atoms with Crippen molar-refractivity contribution in [2.24, 2.45) is 0 Å². The van der Waals surface area contributed by atoms with Gasteiger partial charge in [0, 0.05) is 3.57 Å². The first kappa shape index (κ1) is 19.4. The Morgan fingerprint density at radius 2 is 1.48 bits per heavy atom. The number of thiocarbonyl (C=S) groups is 1. The van der Waals surface area contributed by atoms with Gasteiger partial charge >= 0.3 is 0 Å². The van der Waals surface area contributed by atoms with E-state index in [0.717, 1.165) is 14.7 Å². The lowest BCUT2D eigenvalue weighted by atomic mass is 9.90. The normalized spacial score (nSPS) is 10.5. The smallest absolute Gasteiger partial charge is 0.238 e. The zero-order valence-electron chi connectivity index (χ0n) is 14.2. The molecule has 0 bridgehead atoms. The monoisotopic (exact) mass is 490 g/mol. The number of carbonyl (C=O) groups is 1. The summed E-state index contributed by atoms with van der Waals surface area (Å²) in [5.74, 6) is -1.23. The summed E-state index contributed by atoms with van der Waals surface area (Å²) in [7, 11) is 0. The Bertz CT molecular complexity index is 911. The molecule has 0 atom stereocenters. The lowest BCUT2D eigenvalue weighted by molar-refractivity contribution is -0.120. The van der Waals surface area contributed by atoms with Crippen LogP contribution >= 0.6 is 34.8 Å². The molecule has 136 valence electrons. The van der Waals surface area contributed by atoms with E-state index in [1.165, 1.54) is 6.07 Å². The van der Waals surface area contributed by atoms with Gasteiger partial charge < -0.3 is 10.6 Å². The summed E-state index contributed by atoms with van der Waals surface area (Å²) in [6, 6.07) is 23.7. The molecular weight excluding hydrogens is 474 g/mol. The number of halogens is 2. The van der Waals surface area contributed by atoms with Crippen LogP contribution < -0.4 is 10.6 Å². The van der Waals surface area contributed by atoms with Crippen LogP contribution in [0.15, 0.2) is 78.9 Å². The van der Waals surface area contributed by atoms with Gasteiger partial charge in [0.15, 0.2) is 5.11 Å². The van der Waals surface area contributed by atoms with E-state index in [1.54, 1.807) is 12.1 Å². The zero-order chi connectivity index (χ0) is 19.2. The van der Waals surface area contributed by atoms with Gasteiger partial charge in [-0.15, -0.1) is 0 Å². The van der Waals surface area contributed by atoms with E-state index in [1.807, 2.05) is 83.3 Å². The first-order valence-electron chi connectivity index (χ1n) is 8.21. The van der Waals surface area contributed by atoms with Crippen LogP contribution in [-0.2, 0) is 4.79 Å². The number of amides is 1. The molecule has 0 saturated heterocycles. The Kier molecular flexibility index (Phi) is 6.52. The predicted octanol–water partition coefficient (Wildman–Crippen LogP) is 5.08. The second-order valence-corrected chi connectivity index (χ2v) is 7.48. The van der Waals surface area contributed by atoms with Crippen LogP contribution in [0.4, 0.5) is 10.1 Å². The van der Waals surface area contributed by atoms with Crippen molar-refractivity contribution < 1.29 is 9.18 Å². The first-order valence-corrected chi connectivity index (χ1v) is 9.70. The highest BCUT2D eigenvalue weighted by molar-refractivity contribution is 14.1. The maximum absolute atomic E-state index is 14.0. The van der Waals surface area contributed by atoms with Gasteiger partial charge in [-0.25, -0.2) is 4.39 Å². The molecule has 0 aliphatic heterocycles. The summed E-state index contributed by atoms with van der Waals surface area (Å²) in [6.07, 6.45) is 0. The molecule has 3 rings (SSSR count). The standard InChI is InChI=1S/C21H16FIN2OS/c22-17-13-16(23)11-12-18(17)24-21(27)25-20(26)19(14-7-3-1-4-8-14)15-9-5-2-6-10-15/h1-13,19H,(H2,24,25,26,27). The van der Waals surface area contributed by atoms with Crippen LogP contribution in [0.25, 0.3) is 0 Å². The van der Waals surface area contributed by atoms with Crippen molar-refractivity contribution >= 4 is 51.5 Å². The molecule has 1 amide bonds. The summed E-state index contributed by atoms with van der Waals surface area (Å²) >= 11 is 7.24. The number of benzene rings is 3. The van der Waals surface area contributed by atoms with Crippen LogP contribution in [0.2, 0.25) is 0 Å². The van der Waals surface area contributed by atoms with Gasteiger partial charge in [0.2, 0.25) is 5.91 Å². The maximum Gasteiger partial charge on any atom is 0.238 e. The average Bonchev–Trinajstić information content (AvgIpc) is 2.66. The van der Waals surface area contributed by atoms with Crippen molar-refractivity contribution in [1.82, 2.24) is 5.32 Å². The van der Waals surface area contributed by atoms with E-state index >= 15 is 0 Å². The van der Waals surface area contributed by atoms with E-state index < -0.39 is 11.7 Å². The molecular formula is C21H16FIN2OS. The average molecular weight is 490 g/mol. The summed E-state index contributed by atoms with van der Waals surface area (Å²) in [5.41, 5.74) is 1.92. The summed E-state index contributed by atoms with van der Waals surface area (Å²) in [6.45, 7) is 0. The molecule has 0 unspecified atom stereocenters. The third kappa shape index (κ3) is 5.11. The Labute approximate surface area is 176 Å². The molecule has 0 saturated carbocycles. The minimum absolute atomic E-state index is 0.0528. The van der Waals surface area contributed by atoms with Gasteiger partial charge in [0.1, 0.15) is 5.82 Å². The van der Waals surface area contributed by atoms with E-state index in [-0.39, 0.29) is 16.7 Å². The van der Waals surface area contributed by atoms with Gasteiger partial charge in [0.05, 0.1) is 11.6 Å². The lowest BCUT2D eigenvalue weighted by Crippen LogP contribution is -2.38. The SMILES string of the molecule is O=C(NC(=S)Nc1ccc(I)cc1F)C(c1ccccc1)c1ccccc1. The van der Waals surface area contributed by atoms with Gasteiger partial charge in [-0.3, -0.25) is 4.79 Å². The van der Waals surface area contributed by atoms with Crippen molar-refractivity contribution in [1.29, 1.82) is 0 Å². The van der Waals surface area contributed by atoms with Gasteiger partial charge in [-0.05, 0) is 64.1 Å². The Morgan fingerprint density at radius 1 is 0.926 bits per heavy atom. The highest BCUT2D eigenvalue weighted by Crippen LogP contribution is 2.25. The van der Waals surface area contributed by atoms with Crippen molar-refractivity contribution in [3.05, 3.63) is 99.4 Å². The zero-order valence-corrected chi connectivity index (χ0v) is 17.1. The Hall–Kier alpha value is -2.32. The van der Waals surface area contributed by atoms with Crippen LogP contribution in [0.1, 0.15) is 17.0 Å². The van der Waals surface area contributed by atoms with Crippen molar-refractivity contribution in [2.45, 2.75) is 5.92 Å². The van der Waals surface area contributed by atoms with Crippen LogP contribution in [0.3, 0.4) is 0 Å². The molecule has 0 heterocycles. The number of rotatable bonds is 4. The fraction of sp³-hybridized carbons (Fsp3) is 0.0476. The fourth-order valence-corrected chi connectivity index (χ4v) is 3.38. The highest BCUT2D eigenvalue weighted by Gasteiger charge is 2.23. The fourth-order valence-electron chi connectivity index (χ4n) is 2.71. The third-order valence-electron chi connectivity index (χ3n) is 3.94. The quantitative estimate of drug-likeness (QED) is 0.396. The molecule has 0 spiro atoms. The second-order valence-electron chi connectivity index (χ2n) is 5.82. The van der Waals surface area contributed by atoms with E-state index in [4.69, 9.17) is 12.2 Å². The number of anilines is 1. The molecule has 0 aliphatic carbocycles. The molecule has 27 heavy (non-hydrogen) atoms. The Morgan fingerprint density at radius 3 is 2.00 bits per heavy atom. The van der Waals surface area contributed by atoms with Crippen molar-refractivity contribution in [2.75, 3.05) is 5.32 Å². The van der Waals surface area contributed by atoms with E-state index in [2.05, 4.69) is 10.6 Å². The molecule has 2 N–H and O–H groups in total. The molecule has 3 aromatic carbocycles. The summed E-state index contributed by atoms with van der Waals surface area (Å²) in [5, 5.41) is 5.48. The van der Waals surface area contributed by atoms with Gasteiger partial charge in [-0.2, -0.15) is 0 Å². The van der Waals surface area contributed by atoms with E-state index in [9.17, 15) is 9.18 Å². The molecule has 6 heteroatoms. The largest absolute Gasteiger partial charge is 0.330 e. The summed E-state index contributed by atoms with van der Waals surface area (Å²) < 4.78 is 14.8. The molecule has 0 aromatic heterocycles. The number of carbonyl (C=O) groups excluding carboxylic acids is 1. The minimum Gasteiger partial charge on any atom is -0.330 e. The highest BCUT2D eigenvalue weighted by atomic mass is 127. The number of hydrogen-bond acceptors (Lipinski definition) is 2. The molecule has 0 fully saturated rings. The van der Waals surface area contributed by atoms with Crippen molar-refractivity contribution in [3.63, 3.8) is 0 Å². The Balaban J connectivity index is 1.79. The minimum atomic E-state index is -0.520. The van der Waals surface area contributed by atoms with Crippen LogP contribution in [0.5, 0.6) is 0 Å². The summed E-state index contributed by atoms with van der Waals surface area (Å²) in [4.78, 5) is 13.0. The second kappa shape index (κ2) is 9.05. The van der Waals surface area contributed by atoms with E-state index in [0.29, 0.717) is 0 Å². The molecule has 0 aliphatic rings. The molecule has 3 nitrogen and oxygen atoms in total.